The first kappa shape index (κ1) is 18.5. The Labute approximate surface area is 168 Å². The molecule has 4 nitrogen and oxygen atoms in total. The van der Waals surface area contributed by atoms with Crippen molar-refractivity contribution >= 4 is 6.03 Å². The maximum absolute atomic E-state index is 13.8. The maximum Gasteiger partial charge on any atom is 0.320 e. The molecule has 152 valence electrons. The molecule has 0 aromatic heterocycles. The second kappa shape index (κ2) is 5.75. The molecule has 1 unspecified atom stereocenters. The molecule has 1 aliphatic carbocycles. The van der Waals surface area contributed by atoms with Crippen LogP contribution in [0.5, 0.6) is 0 Å². The van der Waals surface area contributed by atoms with Crippen molar-refractivity contribution in [2.45, 2.75) is 95.4 Å². The van der Waals surface area contributed by atoms with E-state index in [9.17, 15) is 9.90 Å². The quantitative estimate of drug-likeness (QED) is 0.734. The Morgan fingerprint density at radius 3 is 2.39 bits per heavy atom. The minimum atomic E-state index is -0.619. The van der Waals surface area contributed by atoms with Crippen LogP contribution < -0.4 is 0 Å². The number of urea groups is 1. The Morgan fingerprint density at radius 1 is 1.07 bits per heavy atom. The first-order valence-corrected chi connectivity index (χ1v) is 11.0. The van der Waals surface area contributed by atoms with Gasteiger partial charge in [-0.05, 0) is 62.0 Å². The predicted octanol–water partition coefficient (Wildman–Crippen LogP) is 4.10. The summed E-state index contributed by atoms with van der Waals surface area (Å²) < 4.78 is 0. The lowest BCUT2D eigenvalue weighted by Gasteiger charge is -2.61. The number of benzene rings is 1. The molecule has 1 aromatic carbocycles. The highest BCUT2D eigenvalue weighted by molar-refractivity contribution is 5.77. The molecule has 3 saturated heterocycles. The van der Waals surface area contributed by atoms with Crippen molar-refractivity contribution in [2.24, 2.45) is 5.41 Å². The van der Waals surface area contributed by atoms with Gasteiger partial charge < -0.3 is 14.9 Å². The molecule has 0 radical (unpaired) electrons. The Hall–Kier alpha value is -1.55. The molecule has 1 aromatic rings. The normalized spacial score (nSPS) is 41.0. The Kier molecular flexibility index (Phi) is 3.79. The fraction of sp³-hybridized carbons (Fsp3) is 0.708. The van der Waals surface area contributed by atoms with E-state index in [0.717, 1.165) is 45.1 Å². The van der Waals surface area contributed by atoms with Crippen LogP contribution in [0, 0.1) is 5.41 Å². The zero-order valence-corrected chi connectivity index (χ0v) is 17.7. The molecule has 0 spiro atoms. The first-order chi connectivity index (χ1) is 13.1. The van der Waals surface area contributed by atoms with Gasteiger partial charge in [0.05, 0.1) is 5.60 Å². The number of rotatable bonds is 0. The van der Waals surface area contributed by atoms with Crippen molar-refractivity contribution in [3.8, 4) is 0 Å². The third-order valence-electron chi connectivity index (χ3n) is 8.95. The summed E-state index contributed by atoms with van der Waals surface area (Å²) in [7, 11) is 0. The SMILES string of the molecule is CC1(O)C[C@H]2CC[C@@H](C1)N2C(=O)N1CC[C@@]2(C)c3ccccc3C[C@@H]1C2(C)C. The second-order valence-electron chi connectivity index (χ2n) is 10.9. The molecule has 4 aliphatic rings. The summed E-state index contributed by atoms with van der Waals surface area (Å²) in [6.45, 7) is 9.91. The van der Waals surface area contributed by atoms with Gasteiger partial charge in [0.15, 0.2) is 0 Å². The lowest BCUT2D eigenvalue weighted by Crippen LogP contribution is -2.67. The molecule has 0 saturated carbocycles. The summed E-state index contributed by atoms with van der Waals surface area (Å²) in [6.07, 6.45) is 5.48. The van der Waals surface area contributed by atoms with Gasteiger partial charge in [-0.25, -0.2) is 4.79 Å². The van der Waals surface area contributed by atoms with Gasteiger partial charge in [-0.1, -0.05) is 45.0 Å². The molecule has 4 bridgehead atoms. The average molecular weight is 383 g/mol. The van der Waals surface area contributed by atoms with Gasteiger partial charge >= 0.3 is 6.03 Å². The zero-order chi connectivity index (χ0) is 19.9. The maximum atomic E-state index is 13.8. The topological polar surface area (TPSA) is 43.8 Å². The predicted molar refractivity (Wildman–Crippen MR) is 110 cm³/mol. The van der Waals surface area contributed by atoms with E-state index in [1.165, 1.54) is 11.1 Å². The van der Waals surface area contributed by atoms with Crippen molar-refractivity contribution < 1.29 is 9.90 Å². The van der Waals surface area contributed by atoms with Crippen molar-refractivity contribution in [1.29, 1.82) is 0 Å². The zero-order valence-electron chi connectivity index (χ0n) is 17.7. The molecule has 3 heterocycles. The number of hydrogen-bond donors (Lipinski definition) is 1. The molecule has 28 heavy (non-hydrogen) atoms. The summed E-state index contributed by atoms with van der Waals surface area (Å²) in [5, 5.41) is 10.6. The van der Waals surface area contributed by atoms with E-state index in [1.807, 2.05) is 6.92 Å². The largest absolute Gasteiger partial charge is 0.390 e. The van der Waals surface area contributed by atoms with Gasteiger partial charge in [-0.15, -0.1) is 0 Å². The summed E-state index contributed by atoms with van der Waals surface area (Å²) in [4.78, 5) is 18.1. The van der Waals surface area contributed by atoms with Crippen LogP contribution in [0.1, 0.15) is 70.9 Å². The van der Waals surface area contributed by atoms with Gasteiger partial charge in [0.2, 0.25) is 0 Å². The van der Waals surface area contributed by atoms with E-state index in [4.69, 9.17) is 0 Å². The number of likely N-dealkylation sites (tertiary alicyclic amines) is 1. The monoisotopic (exact) mass is 382 g/mol. The number of fused-ring (bicyclic) bond motifs is 6. The van der Waals surface area contributed by atoms with Crippen molar-refractivity contribution in [3.63, 3.8) is 0 Å². The molecule has 4 heteroatoms. The Balaban J connectivity index is 1.48. The van der Waals surface area contributed by atoms with E-state index in [-0.39, 0.29) is 35.0 Å². The van der Waals surface area contributed by atoms with E-state index < -0.39 is 5.60 Å². The fourth-order valence-electron chi connectivity index (χ4n) is 7.02. The molecular formula is C24H34N2O2. The highest BCUT2D eigenvalue weighted by Crippen LogP contribution is 2.56. The van der Waals surface area contributed by atoms with Crippen LogP contribution in [0.25, 0.3) is 0 Å². The minimum absolute atomic E-state index is 0.0373. The van der Waals surface area contributed by atoms with Crippen LogP contribution in [0.2, 0.25) is 0 Å². The summed E-state index contributed by atoms with van der Waals surface area (Å²) in [5.41, 5.74) is 2.42. The number of nitrogens with zero attached hydrogens (tertiary/aromatic N) is 2. The third-order valence-corrected chi connectivity index (χ3v) is 8.95. The number of hydrogen-bond acceptors (Lipinski definition) is 2. The van der Waals surface area contributed by atoms with Crippen LogP contribution in [0.4, 0.5) is 4.79 Å². The van der Waals surface area contributed by atoms with Crippen molar-refractivity contribution in [3.05, 3.63) is 35.4 Å². The number of piperidine rings is 2. The van der Waals surface area contributed by atoms with Crippen molar-refractivity contribution in [1.82, 2.24) is 9.80 Å². The molecule has 2 amide bonds. The first-order valence-electron chi connectivity index (χ1n) is 11.0. The summed E-state index contributed by atoms with van der Waals surface area (Å²) >= 11 is 0. The van der Waals surface area contributed by atoms with Crippen LogP contribution in [-0.4, -0.2) is 51.2 Å². The summed E-state index contributed by atoms with van der Waals surface area (Å²) in [6, 6.07) is 9.72. The molecule has 5 rings (SSSR count). The van der Waals surface area contributed by atoms with Gasteiger partial charge in [-0.3, -0.25) is 0 Å². The van der Waals surface area contributed by atoms with Gasteiger partial charge in [0.25, 0.3) is 0 Å². The number of carbonyl (C=O) groups excluding carboxylic acids is 1. The van der Waals surface area contributed by atoms with Gasteiger partial charge in [0.1, 0.15) is 0 Å². The minimum Gasteiger partial charge on any atom is -0.390 e. The molecule has 1 N–H and O–H groups in total. The van der Waals surface area contributed by atoms with Gasteiger partial charge in [-0.2, -0.15) is 0 Å². The van der Waals surface area contributed by atoms with E-state index in [0.29, 0.717) is 0 Å². The third kappa shape index (κ3) is 2.36. The molecular weight excluding hydrogens is 348 g/mol. The Bertz CT molecular complexity index is 801. The fourth-order valence-corrected chi connectivity index (χ4v) is 7.02. The molecule has 3 fully saturated rings. The van der Waals surface area contributed by atoms with Crippen LogP contribution in [0.3, 0.4) is 0 Å². The van der Waals surface area contributed by atoms with Gasteiger partial charge in [0, 0.05) is 30.1 Å². The average Bonchev–Trinajstić information content (AvgIpc) is 2.90. The van der Waals surface area contributed by atoms with E-state index in [2.05, 4.69) is 54.8 Å². The number of aliphatic hydroxyl groups is 1. The molecule has 3 aliphatic heterocycles. The molecule has 5 atom stereocenters. The van der Waals surface area contributed by atoms with Crippen LogP contribution >= 0.6 is 0 Å². The van der Waals surface area contributed by atoms with Crippen molar-refractivity contribution in [2.75, 3.05) is 6.54 Å². The van der Waals surface area contributed by atoms with E-state index >= 15 is 0 Å². The Morgan fingerprint density at radius 2 is 1.71 bits per heavy atom. The lowest BCUT2D eigenvalue weighted by molar-refractivity contribution is -0.0512. The number of carbonyl (C=O) groups is 1. The van der Waals surface area contributed by atoms with Crippen LogP contribution in [0.15, 0.2) is 24.3 Å². The summed E-state index contributed by atoms with van der Waals surface area (Å²) in [5.74, 6) is 0. The standard InChI is InChI=1S/C24H34N2O2/c1-22(2)20-13-16-7-5-6-8-19(16)24(22,4)11-12-25(20)21(27)26-17-9-10-18(26)15-23(3,28)14-17/h5-8,17-18,20,28H,9-15H2,1-4H3/t17-,18+,20-,23?,24+/m1/s1. The highest BCUT2D eigenvalue weighted by atomic mass is 16.3. The lowest BCUT2D eigenvalue weighted by atomic mass is 9.51. The smallest absolute Gasteiger partial charge is 0.320 e. The highest BCUT2D eigenvalue weighted by Gasteiger charge is 2.58. The van der Waals surface area contributed by atoms with Crippen LogP contribution in [-0.2, 0) is 11.8 Å². The number of amides is 2. The van der Waals surface area contributed by atoms with E-state index in [1.54, 1.807) is 0 Å². The second-order valence-corrected chi connectivity index (χ2v) is 10.9.